The zero-order valence-corrected chi connectivity index (χ0v) is 13.4. The van der Waals surface area contributed by atoms with E-state index in [4.69, 9.17) is 0 Å². The molecule has 0 unspecified atom stereocenters. The van der Waals surface area contributed by atoms with Gasteiger partial charge >= 0.3 is 0 Å². The first-order valence-electron chi connectivity index (χ1n) is 6.51. The lowest BCUT2D eigenvalue weighted by Crippen LogP contribution is -2.23. The molecule has 102 valence electrons. The van der Waals surface area contributed by atoms with E-state index in [1.54, 1.807) is 13.8 Å². The van der Waals surface area contributed by atoms with Gasteiger partial charge in [0.05, 0.1) is 5.25 Å². The van der Waals surface area contributed by atoms with Crippen LogP contribution in [0.4, 0.5) is 0 Å². The second-order valence-corrected chi connectivity index (χ2v) is 8.35. The third kappa shape index (κ3) is 3.84. The molecule has 2 nitrogen and oxygen atoms in total. The molecule has 0 heterocycles. The van der Waals surface area contributed by atoms with Crippen molar-refractivity contribution in [3.05, 3.63) is 10.5 Å². The molecular weight excluding hydrogens is 232 g/mol. The van der Waals surface area contributed by atoms with E-state index in [0.717, 1.165) is 5.57 Å². The van der Waals surface area contributed by atoms with Crippen molar-refractivity contribution in [2.45, 2.75) is 60.6 Å². The van der Waals surface area contributed by atoms with Crippen LogP contribution in [-0.2, 0) is 9.84 Å². The monoisotopic (exact) mass is 260 g/mol. The maximum atomic E-state index is 12.5. The van der Waals surface area contributed by atoms with Crippen molar-refractivity contribution >= 4 is 9.84 Å². The van der Waals surface area contributed by atoms with Gasteiger partial charge in [-0.1, -0.05) is 47.1 Å². The highest BCUT2D eigenvalue weighted by molar-refractivity contribution is 7.95. The van der Waals surface area contributed by atoms with Gasteiger partial charge in [0, 0.05) is 4.91 Å². The average Bonchev–Trinajstić information content (AvgIpc) is 2.10. The molecule has 0 fully saturated rings. The van der Waals surface area contributed by atoms with Crippen LogP contribution in [-0.4, -0.2) is 13.7 Å². The minimum atomic E-state index is -3.15. The fourth-order valence-electron chi connectivity index (χ4n) is 2.32. The molecule has 0 saturated carbocycles. The van der Waals surface area contributed by atoms with Crippen molar-refractivity contribution in [1.29, 1.82) is 0 Å². The molecule has 0 bridgehead atoms. The first-order valence-corrected chi connectivity index (χ1v) is 8.05. The van der Waals surface area contributed by atoms with E-state index in [1.165, 1.54) is 0 Å². The van der Waals surface area contributed by atoms with Crippen molar-refractivity contribution in [3.8, 4) is 0 Å². The SMILES string of the molecule is CC(C)C(=C(C(C)C)S(=O)(=O)C(C)C)C(C)C. The van der Waals surface area contributed by atoms with Gasteiger partial charge in [0.2, 0.25) is 0 Å². The molecule has 0 rings (SSSR count). The van der Waals surface area contributed by atoms with E-state index >= 15 is 0 Å². The lowest BCUT2D eigenvalue weighted by molar-refractivity contribution is 0.567. The summed E-state index contributed by atoms with van der Waals surface area (Å²) in [5.74, 6) is 0.615. The second-order valence-electron chi connectivity index (χ2n) is 5.88. The minimum absolute atomic E-state index is 0.0576. The third-order valence-corrected chi connectivity index (χ3v) is 5.54. The Labute approximate surface area is 107 Å². The molecule has 0 N–H and O–H groups in total. The molecule has 0 saturated heterocycles. The standard InChI is InChI=1S/C14H28O2S/c1-9(2)13(10(3)4)14(11(5)6)17(15,16)12(7)8/h9-12H,1-8H3. The summed E-state index contributed by atoms with van der Waals surface area (Å²) < 4.78 is 24.9. The second kappa shape index (κ2) is 6.03. The van der Waals surface area contributed by atoms with Gasteiger partial charge in [0.15, 0.2) is 9.84 Å². The van der Waals surface area contributed by atoms with Crippen LogP contribution >= 0.6 is 0 Å². The first-order chi connectivity index (χ1) is 7.53. The van der Waals surface area contributed by atoms with Gasteiger partial charge in [-0.3, -0.25) is 0 Å². The fraction of sp³-hybridized carbons (Fsp3) is 0.857. The van der Waals surface area contributed by atoms with Crippen LogP contribution in [0.15, 0.2) is 10.5 Å². The molecule has 0 aromatic carbocycles. The predicted octanol–water partition coefficient (Wildman–Crippen LogP) is 4.03. The Kier molecular flexibility index (Phi) is 5.92. The Hall–Kier alpha value is -0.310. The molecule has 0 spiro atoms. The molecule has 3 heteroatoms. The highest BCUT2D eigenvalue weighted by Gasteiger charge is 2.29. The quantitative estimate of drug-likeness (QED) is 0.748. The summed E-state index contributed by atoms with van der Waals surface area (Å²) in [7, 11) is -3.15. The summed E-state index contributed by atoms with van der Waals surface area (Å²) in [6, 6.07) is 0. The molecular formula is C14H28O2S. The van der Waals surface area contributed by atoms with Gasteiger partial charge in [-0.05, 0) is 31.6 Å². The number of hydrogen-bond donors (Lipinski definition) is 0. The van der Waals surface area contributed by atoms with Crippen LogP contribution < -0.4 is 0 Å². The van der Waals surface area contributed by atoms with Crippen LogP contribution in [0.3, 0.4) is 0 Å². The van der Waals surface area contributed by atoms with Crippen molar-refractivity contribution in [2.24, 2.45) is 17.8 Å². The minimum Gasteiger partial charge on any atom is -0.224 e. The van der Waals surface area contributed by atoms with Crippen molar-refractivity contribution in [3.63, 3.8) is 0 Å². The highest BCUT2D eigenvalue weighted by Crippen LogP contribution is 2.33. The van der Waals surface area contributed by atoms with Gasteiger partial charge in [0.25, 0.3) is 0 Å². The van der Waals surface area contributed by atoms with Gasteiger partial charge in [-0.2, -0.15) is 0 Å². The van der Waals surface area contributed by atoms with Crippen LogP contribution in [0.25, 0.3) is 0 Å². The number of rotatable bonds is 5. The van der Waals surface area contributed by atoms with Gasteiger partial charge in [-0.15, -0.1) is 0 Å². The van der Waals surface area contributed by atoms with Gasteiger partial charge in [0.1, 0.15) is 0 Å². The fourth-order valence-corrected chi connectivity index (χ4v) is 4.28. The highest BCUT2D eigenvalue weighted by atomic mass is 32.2. The van der Waals surface area contributed by atoms with E-state index in [0.29, 0.717) is 4.91 Å². The van der Waals surface area contributed by atoms with Crippen LogP contribution in [0.5, 0.6) is 0 Å². The van der Waals surface area contributed by atoms with Crippen LogP contribution in [0.1, 0.15) is 55.4 Å². The summed E-state index contributed by atoms with van der Waals surface area (Å²) in [5.41, 5.74) is 1.09. The van der Waals surface area contributed by atoms with Gasteiger partial charge in [-0.25, -0.2) is 8.42 Å². The Morgan fingerprint density at radius 1 is 0.706 bits per heavy atom. The average molecular weight is 260 g/mol. The third-order valence-electron chi connectivity index (χ3n) is 2.98. The summed E-state index contributed by atoms with van der Waals surface area (Å²) >= 11 is 0. The maximum Gasteiger partial charge on any atom is 0.177 e. The Morgan fingerprint density at radius 3 is 1.24 bits per heavy atom. The first kappa shape index (κ1) is 16.7. The molecule has 0 aliphatic carbocycles. The molecule has 0 radical (unpaired) electrons. The molecule has 0 aromatic heterocycles. The lowest BCUT2D eigenvalue weighted by Gasteiger charge is -2.25. The number of sulfone groups is 1. The zero-order valence-electron chi connectivity index (χ0n) is 12.5. The Morgan fingerprint density at radius 2 is 1.06 bits per heavy atom. The zero-order chi connectivity index (χ0) is 14.0. The van der Waals surface area contributed by atoms with Gasteiger partial charge < -0.3 is 0 Å². The summed E-state index contributed by atoms with van der Waals surface area (Å²) in [4.78, 5) is 0.664. The van der Waals surface area contributed by atoms with Crippen molar-refractivity contribution in [2.75, 3.05) is 0 Å². The molecule has 0 aliphatic heterocycles. The number of allylic oxidation sites excluding steroid dienone is 2. The molecule has 17 heavy (non-hydrogen) atoms. The normalized spacial score (nSPS) is 12.9. The molecule has 0 atom stereocenters. The topological polar surface area (TPSA) is 34.1 Å². The Balaban J connectivity index is 6.06. The smallest absolute Gasteiger partial charge is 0.177 e. The van der Waals surface area contributed by atoms with E-state index < -0.39 is 9.84 Å². The summed E-state index contributed by atoms with van der Waals surface area (Å²) in [5, 5.41) is -0.340. The predicted molar refractivity (Wildman–Crippen MR) is 75.6 cm³/mol. The summed E-state index contributed by atoms with van der Waals surface area (Å²) in [6.07, 6.45) is 0. The molecule has 0 aromatic rings. The largest absolute Gasteiger partial charge is 0.224 e. The van der Waals surface area contributed by atoms with E-state index in [1.807, 2.05) is 13.8 Å². The maximum absolute atomic E-state index is 12.5. The van der Waals surface area contributed by atoms with E-state index in [2.05, 4.69) is 27.7 Å². The van der Waals surface area contributed by atoms with Crippen molar-refractivity contribution in [1.82, 2.24) is 0 Å². The van der Waals surface area contributed by atoms with Crippen molar-refractivity contribution < 1.29 is 8.42 Å². The van der Waals surface area contributed by atoms with E-state index in [-0.39, 0.29) is 23.0 Å². The molecule has 0 amide bonds. The van der Waals surface area contributed by atoms with E-state index in [9.17, 15) is 8.42 Å². The molecule has 0 aliphatic rings. The Bertz CT molecular complexity index is 361. The van der Waals surface area contributed by atoms with Crippen LogP contribution in [0, 0.1) is 17.8 Å². The summed E-state index contributed by atoms with van der Waals surface area (Å²) in [6.45, 7) is 15.8. The number of hydrogen-bond acceptors (Lipinski definition) is 2. The van der Waals surface area contributed by atoms with Crippen LogP contribution in [0.2, 0.25) is 0 Å². The lowest BCUT2D eigenvalue weighted by atomic mass is 9.90.